The molecule has 0 bridgehead atoms. The average Bonchev–Trinajstić information content (AvgIpc) is 4.03. The number of rotatable bonds is 16. The molecule has 2 amide bonds. The number of fused-ring (bicyclic) bond motifs is 4. The van der Waals surface area contributed by atoms with Gasteiger partial charge in [0.25, 0.3) is 5.91 Å². The SMILES string of the molecule is C[C@@H](Cl)[C@@H]1CN(C(=O)c2cc3cc(OCCN(C)C)ccc3[nH]2)c2cc(O)c3cc(CNC(=O)CCNS(=O)(=O)c4ccc(-c5ncc(-c6ccc(N(C)C)cc6)o5)cc4)ccc3c21. The minimum absolute atomic E-state index is 0.0163. The maximum absolute atomic E-state index is 14.1. The first kappa shape index (κ1) is 44.2. The van der Waals surface area contributed by atoms with Gasteiger partial charge in [0.2, 0.25) is 21.8 Å². The third-order valence-electron chi connectivity index (χ3n) is 11.4. The number of aromatic hydroxyl groups is 1. The highest BCUT2D eigenvalue weighted by molar-refractivity contribution is 7.89. The van der Waals surface area contributed by atoms with Crippen molar-refractivity contribution in [1.82, 2.24) is 24.9 Å². The summed E-state index contributed by atoms with van der Waals surface area (Å²) in [5, 5.41) is 16.0. The van der Waals surface area contributed by atoms with Crippen LogP contribution in [0, 0.1) is 0 Å². The summed E-state index contributed by atoms with van der Waals surface area (Å²) < 4.78 is 40.5. The van der Waals surface area contributed by atoms with Crippen LogP contribution in [0.25, 0.3) is 44.5 Å². The van der Waals surface area contributed by atoms with Crippen molar-refractivity contribution in [3.05, 3.63) is 120 Å². The Morgan fingerprint density at radius 2 is 1.72 bits per heavy atom. The van der Waals surface area contributed by atoms with Crippen LogP contribution in [0.3, 0.4) is 0 Å². The lowest BCUT2D eigenvalue weighted by Crippen LogP contribution is -2.31. The summed E-state index contributed by atoms with van der Waals surface area (Å²) in [7, 11) is 4.00. The van der Waals surface area contributed by atoms with Gasteiger partial charge in [-0.25, -0.2) is 18.1 Å². The highest BCUT2D eigenvalue weighted by Crippen LogP contribution is 2.47. The Kier molecular flexibility index (Phi) is 12.7. The van der Waals surface area contributed by atoms with E-state index >= 15 is 0 Å². The fraction of sp³-hybridized carbons (Fsp3) is 0.271. The number of sulfonamides is 1. The van der Waals surface area contributed by atoms with Crippen molar-refractivity contribution >= 4 is 66.5 Å². The fourth-order valence-corrected chi connectivity index (χ4v) is 9.10. The van der Waals surface area contributed by atoms with Crippen molar-refractivity contribution < 1.29 is 32.3 Å². The Hall–Kier alpha value is -6.39. The number of alkyl halides is 1. The third kappa shape index (κ3) is 9.43. The molecule has 0 fully saturated rings. The van der Waals surface area contributed by atoms with Gasteiger partial charge in [-0.05, 0) is 116 Å². The highest BCUT2D eigenvalue weighted by atomic mass is 35.5. The number of benzene rings is 5. The largest absolute Gasteiger partial charge is 0.507 e. The Morgan fingerprint density at radius 1 is 0.969 bits per heavy atom. The molecule has 14 nitrogen and oxygen atoms in total. The number of likely N-dealkylation sites (N-methyl/N-ethyl adjacent to an activating group) is 1. The van der Waals surface area contributed by atoms with Gasteiger partial charge in [0.05, 0.1) is 16.8 Å². The van der Waals surface area contributed by atoms with Gasteiger partial charge in [0.15, 0.2) is 5.76 Å². The first-order valence-corrected chi connectivity index (χ1v) is 22.8. The van der Waals surface area contributed by atoms with Crippen molar-refractivity contribution in [1.29, 1.82) is 0 Å². The van der Waals surface area contributed by atoms with Crippen molar-refractivity contribution in [3.8, 4) is 34.3 Å². The van der Waals surface area contributed by atoms with Crippen molar-refractivity contribution in [2.45, 2.75) is 36.1 Å². The number of carbonyl (C=O) groups excluding carboxylic acids is 2. The van der Waals surface area contributed by atoms with E-state index in [1.807, 2.05) is 106 Å². The van der Waals surface area contributed by atoms with E-state index < -0.39 is 10.0 Å². The maximum Gasteiger partial charge on any atom is 0.274 e. The summed E-state index contributed by atoms with van der Waals surface area (Å²) in [6, 6.07) is 28.7. The molecule has 8 rings (SSSR count). The van der Waals surface area contributed by atoms with E-state index in [9.17, 15) is 23.1 Å². The normalized spacial score (nSPS) is 14.3. The van der Waals surface area contributed by atoms with Crippen LogP contribution >= 0.6 is 11.6 Å². The number of oxazole rings is 1. The molecule has 16 heteroatoms. The number of amides is 2. The van der Waals surface area contributed by atoms with Crippen LogP contribution in [-0.2, 0) is 21.4 Å². The fourth-order valence-electron chi connectivity index (χ4n) is 7.86. The number of ether oxygens (including phenoxy) is 1. The van der Waals surface area contributed by atoms with Gasteiger partial charge in [-0.2, -0.15) is 0 Å². The number of aromatic nitrogens is 2. The van der Waals surface area contributed by atoms with E-state index in [1.54, 1.807) is 35.4 Å². The van der Waals surface area contributed by atoms with Crippen molar-refractivity contribution in [3.63, 3.8) is 0 Å². The predicted molar refractivity (Wildman–Crippen MR) is 251 cm³/mol. The zero-order valence-electron chi connectivity index (χ0n) is 36.2. The molecule has 0 spiro atoms. The Bertz CT molecular complexity index is 2950. The van der Waals surface area contributed by atoms with Crippen LogP contribution in [0.4, 0.5) is 11.4 Å². The van der Waals surface area contributed by atoms with E-state index in [2.05, 4.69) is 20.0 Å². The molecule has 4 N–H and O–H groups in total. The predicted octanol–water partition coefficient (Wildman–Crippen LogP) is 7.71. The van der Waals surface area contributed by atoms with E-state index in [1.165, 1.54) is 12.1 Å². The molecule has 1 aliphatic heterocycles. The molecule has 1 aliphatic rings. The third-order valence-corrected chi connectivity index (χ3v) is 13.2. The summed E-state index contributed by atoms with van der Waals surface area (Å²) in [5.41, 5.74) is 5.92. The van der Waals surface area contributed by atoms with Crippen LogP contribution < -0.4 is 24.6 Å². The first-order valence-electron chi connectivity index (χ1n) is 20.9. The van der Waals surface area contributed by atoms with Gasteiger partial charge in [-0.15, -0.1) is 11.6 Å². The van der Waals surface area contributed by atoms with Crippen LogP contribution in [0.2, 0.25) is 0 Å². The molecule has 332 valence electrons. The molecule has 5 aromatic carbocycles. The van der Waals surface area contributed by atoms with Gasteiger partial charge >= 0.3 is 0 Å². The molecular weight excluding hydrogens is 854 g/mol. The molecule has 0 aliphatic carbocycles. The van der Waals surface area contributed by atoms with Crippen molar-refractivity contribution in [2.75, 3.05) is 64.2 Å². The van der Waals surface area contributed by atoms with Crippen LogP contribution in [0.1, 0.15) is 40.9 Å². The van der Waals surface area contributed by atoms with Gasteiger partial charge in [0.1, 0.15) is 23.8 Å². The second kappa shape index (κ2) is 18.4. The topological polar surface area (TPSA) is 173 Å². The molecule has 0 unspecified atom stereocenters. The molecule has 3 heterocycles. The number of carbonyl (C=O) groups is 2. The number of hydrogen-bond donors (Lipinski definition) is 4. The number of nitrogens with one attached hydrogen (secondary N) is 3. The molecular formula is C48H50ClN7O7S. The van der Waals surface area contributed by atoms with Crippen LogP contribution in [0.15, 0.2) is 113 Å². The minimum Gasteiger partial charge on any atom is -0.507 e. The van der Waals surface area contributed by atoms with E-state index in [0.29, 0.717) is 52.9 Å². The summed E-state index contributed by atoms with van der Waals surface area (Å²) >= 11 is 6.77. The summed E-state index contributed by atoms with van der Waals surface area (Å²) in [6.07, 6.45) is 1.54. The second-order valence-electron chi connectivity index (χ2n) is 16.4. The highest BCUT2D eigenvalue weighted by Gasteiger charge is 2.38. The minimum atomic E-state index is -3.91. The number of nitrogens with zero attached hydrogens (tertiary/aromatic N) is 4. The number of phenols is 1. The Morgan fingerprint density at radius 3 is 2.44 bits per heavy atom. The quantitative estimate of drug-likeness (QED) is 0.0704. The zero-order valence-corrected chi connectivity index (χ0v) is 37.8. The summed E-state index contributed by atoms with van der Waals surface area (Å²) in [4.78, 5) is 40.3. The standard InChI is InChI=1S/C48H50ClN7O7S/c1-29(49)39-28-56(48(59)41-24-33-23-35(13-17-40(33)53-41)62-21-20-54(2)3)42-25-43(57)38-22-30(6-16-37(38)46(39)42)26-50-45(58)18-19-52-64(60,61)36-14-9-32(10-15-36)47-51-27-44(63-47)31-7-11-34(12-8-31)55(4)5/h6-17,22-25,27,29,39,52-53,57H,18-21,26,28H2,1-5H3,(H,50,58)/t29-,39+/m1/s1. The van der Waals surface area contributed by atoms with Crippen molar-refractivity contribution in [2.24, 2.45) is 0 Å². The molecule has 0 radical (unpaired) electrons. The molecule has 64 heavy (non-hydrogen) atoms. The number of phenolic OH excluding ortho intramolecular Hbond substituents is 1. The zero-order chi connectivity index (χ0) is 45.3. The lowest BCUT2D eigenvalue weighted by molar-refractivity contribution is -0.121. The molecule has 2 atom stereocenters. The lowest BCUT2D eigenvalue weighted by atomic mass is 9.91. The number of halogens is 1. The molecule has 0 saturated heterocycles. The number of aromatic amines is 1. The molecule has 7 aromatic rings. The molecule has 2 aromatic heterocycles. The van der Waals surface area contributed by atoms with Crippen LogP contribution in [0.5, 0.6) is 11.5 Å². The van der Waals surface area contributed by atoms with E-state index in [-0.39, 0.29) is 53.3 Å². The van der Waals surface area contributed by atoms with Gasteiger partial charge in [-0.1, -0.05) is 12.1 Å². The van der Waals surface area contributed by atoms with E-state index in [4.69, 9.17) is 20.8 Å². The lowest BCUT2D eigenvalue weighted by Gasteiger charge is -2.18. The van der Waals surface area contributed by atoms with Gasteiger partial charge in [0, 0.05) is 97.2 Å². The number of hydrogen-bond acceptors (Lipinski definition) is 10. The Labute approximate surface area is 376 Å². The number of H-pyrrole nitrogens is 1. The maximum atomic E-state index is 14.1. The second-order valence-corrected chi connectivity index (χ2v) is 18.9. The van der Waals surface area contributed by atoms with Gasteiger partial charge < -0.3 is 39.3 Å². The van der Waals surface area contributed by atoms with E-state index in [0.717, 1.165) is 45.2 Å². The van der Waals surface area contributed by atoms with Crippen LogP contribution in [-0.4, -0.2) is 100 Å². The summed E-state index contributed by atoms with van der Waals surface area (Å²) in [6.45, 7) is 3.57. The average molecular weight is 904 g/mol. The Balaban J connectivity index is 0.880. The number of anilines is 2. The summed E-state index contributed by atoms with van der Waals surface area (Å²) in [5.74, 6) is 0.835. The molecule has 0 saturated carbocycles. The monoisotopic (exact) mass is 903 g/mol. The van der Waals surface area contributed by atoms with Gasteiger partial charge in [-0.3, -0.25) is 9.59 Å². The smallest absolute Gasteiger partial charge is 0.274 e. The first-order chi connectivity index (χ1) is 30.6.